The number of thiocarbonyl (C=S) groups is 1. The summed E-state index contributed by atoms with van der Waals surface area (Å²) in [6.07, 6.45) is 10.6. The summed E-state index contributed by atoms with van der Waals surface area (Å²) in [6.45, 7) is 8.92. The summed E-state index contributed by atoms with van der Waals surface area (Å²) in [5.74, 6) is 0. The van der Waals surface area contributed by atoms with Gasteiger partial charge in [-0.15, -0.1) is 11.4 Å². The van der Waals surface area contributed by atoms with E-state index in [0.29, 0.717) is 0 Å². The molecule has 0 aliphatic rings. The van der Waals surface area contributed by atoms with E-state index < -0.39 is 0 Å². The maximum atomic E-state index is 5.51. The van der Waals surface area contributed by atoms with Crippen LogP contribution >= 0.6 is 23.6 Å². The highest BCUT2D eigenvalue weighted by atomic mass is 32.2. The molecule has 18 heavy (non-hydrogen) atoms. The number of thiol groups is 1. The Hall–Kier alpha value is 0.110. The van der Waals surface area contributed by atoms with E-state index in [1.165, 1.54) is 62.7 Å². The number of nitrogens with zero attached hydrogens (tertiary/aromatic N) is 1. The molecule has 0 aliphatic carbocycles. The Morgan fingerprint density at radius 3 is 1.83 bits per heavy atom. The SMILES string of the molecule is CC=[SH]C(=S)N(CCCCCC)CCCCCC. The van der Waals surface area contributed by atoms with Crippen LogP contribution in [0.2, 0.25) is 0 Å². The number of hydrogen-bond acceptors (Lipinski definition) is 1. The molecule has 0 fully saturated rings. The zero-order valence-corrected chi connectivity index (χ0v) is 14.2. The summed E-state index contributed by atoms with van der Waals surface area (Å²) in [5.41, 5.74) is 0. The summed E-state index contributed by atoms with van der Waals surface area (Å²) in [4.78, 5) is 2.43. The van der Waals surface area contributed by atoms with Crippen molar-refractivity contribution in [2.24, 2.45) is 0 Å². The maximum absolute atomic E-state index is 5.51. The van der Waals surface area contributed by atoms with Gasteiger partial charge in [0.25, 0.3) is 0 Å². The third kappa shape index (κ3) is 10.1. The molecule has 0 N–H and O–H groups in total. The first-order valence-corrected chi connectivity index (χ1v) is 8.91. The van der Waals surface area contributed by atoms with Crippen molar-refractivity contribution in [3.05, 3.63) is 0 Å². The van der Waals surface area contributed by atoms with Gasteiger partial charge >= 0.3 is 0 Å². The predicted octanol–water partition coefficient (Wildman–Crippen LogP) is 5.02. The van der Waals surface area contributed by atoms with Gasteiger partial charge in [-0.25, -0.2) is 0 Å². The summed E-state index contributed by atoms with van der Waals surface area (Å²) in [6, 6.07) is 0. The summed E-state index contributed by atoms with van der Waals surface area (Å²) < 4.78 is 1.12. The van der Waals surface area contributed by atoms with Crippen molar-refractivity contribution in [3.63, 3.8) is 0 Å². The van der Waals surface area contributed by atoms with Crippen LogP contribution in [-0.2, 0) is 0 Å². The molecule has 0 heterocycles. The number of hydrogen-bond donors (Lipinski definition) is 1. The van der Waals surface area contributed by atoms with Crippen LogP contribution in [0.25, 0.3) is 0 Å². The van der Waals surface area contributed by atoms with Gasteiger partial charge in [-0.05, 0) is 19.8 Å². The van der Waals surface area contributed by atoms with Gasteiger partial charge in [0.1, 0.15) is 4.32 Å². The topological polar surface area (TPSA) is 3.24 Å². The van der Waals surface area contributed by atoms with Crippen LogP contribution in [-0.4, -0.2) is 27.7 Å². The van der Waals surface area contributed by atoms with Crippen LogP contribution in [0.15, 0.2) is 0 Å². The molecule has 0 aromatic carbocycles. The molecule has 0 saturated carbocycles. The molecular weight excluding hydrogens is 258 g/mol. The average Bonchev–Trinajstić information content (AvgIpc) is 2.37. The Morgan fingerprint density at radius 1 is 0.944 bits per heavy atom. The van der Waals surface area contributed by atoms with E-state index in [2.05, 4.69) is 31.0 Å². The first-order valence-electron chi connectivity index (χ1n) is 7.53. The van der Waals surface area contributed by atoms with Gasteiger partial charge in [-0.1, -0.05) is 70.0 Å². The second-order valence-electron chi connectivity index (χ2n) is 4.78. The molecule has 0 unspecified atom stereocenters. The summed E-state index contributed by atoms with van der Waals surface area (Å²) in [5, 5.41) is 2.15. The fourth-order valence-corrected chi connectivity index (χ4v) is 3.04. The summed E-state index contributed by atoms with van der Waals surface area (Å²) in [7, 11) is 0. The predicted molar refractivity (Wildman–Crippen MR) is 93.2 cm³/mol. The lowest BCUT2D eigenvalue weighted by Gasteiger charge is -2.23. The largest absolute Gasteiger partial charge is 0.358 e. The molecule has 3 heteroatoms. The second-order valence-corrected chi connectivity index (χ2v) is 6.67. The van der Waals surface area contributed by atoms with Crippen LogP contribution in [0.4, 0.5) is 0 Å². The van der Waals surface area contributed by atoms with Crippen molar-refractivity contribution in [2.45, 2.75) is 72.1 Å². The first-order chi connectivity index (χ1) is 8.76. The molecule has 108 valence electrons. The Morgan fingerprint density at radius 2 is 1.44 bits per heavy atom. The molecular formula is C15H31NS2. The standard InChI is InChI=1S/C15H31NS2/c1-4-7-9-11-13-16(15(17)18-6-3)14-12-10-8-5-2/h6,18H,4-5,7-14H2,1-3H3. The van der Waals surface area contributed by atoms with E-state index in [4.69, 9.17) is 12.2 Å². The Kier molecular flexibility index (Phi) is 13.6. The fraction of sp³-hybridized carbons (Fsp3) is 0.867. The number of unbranched alkanes of at least 4 members (excludes halogenated alkanes) is 6. The van der Waals surface area contributed by atoms with Gasteiger partial charge in [0.05, 0.1) is 0 Å². The van der Waals surface area contributed by atoms with Crippen LogP contribution in [0.1, 0.15) is 72.1 Å². The van der Waals surface area contributed by atoms with Crippen molar-refractivity contribution in [1.29, 1.82) is 0 Å². The van der Waals surface area contributed by atoms with Gasteiger partial charge < -0.3 is 4.90 Å². The fourth-order valence-electron chi connectivity index (χ4n) is 1.95. The highest BCUT2D eigenvalue weighted by Gasteiger charge is 2.06. The molecule has 0 bridgehead atoms. The Bertz CT molecular complexity index is 215. The van der Waals surface area contributed by atoms with Gasteiger partial charge in [0, 0.05) is 13.1 Å². The van der Waals surface area contributed by atoms with Crippen LogP contribution in [0, 0.1) is 0 Å². The van der Waals surface area contributed by atoms with Crippen molar-refractivity contribution in [1.82, 2.24) is 4.90 Å². The van der Waals surface area contributed by atoms with Crippen LogP contribution in [0.5, 0.6) is 0 Å². The highest BCUT2D eigenvalue weighted by Crippen LogP contribution is 2.09. The Labute approximate surface area is 123 Å². The van der Waals surface area contributed by atoms with E-state index in [9.17, 15) is 0 Å². The van der Waals surface area contributed by atoms with Crippen LogP contribution in [0.3, 0.4) is 0 Å². The quantitative estimate of drug-likeness (QED) is 0.342. The lowest BCUT2D eigenvalue weighted by Crippen LogP contribution is -2.29. The first kappa shape index (κ1) is 18.1. The van der Waals surface area contributed by atoms with E-state index in [-0.39, 0.29) is 0 Å². The van der Waals surface area contributed by atoms with Gasteiger partial charge in [0.15, 0.2) is 0 Å². The molecule has 0 aromatic heterocycles. The molecule has 0 aromatic rings. The molecule has 0 saturated heterocycles. The van der Waals surface area contributed by atoms with Gasteiger partial charge in [0.2, 0.25) is 0 Å². The second kappa shape index (κ2) is 13.5. The molecule has 0 amide bonds. The van der Waals surface area contributed by atoms with Crippen LogP contribution < -0.4 is 0 Å². The summed E-state index contributed by atoms with van der Waals surface area (Å²) >= 11 is 6.73. The van der Waals surface area contributed by atoms with Gasteiger partial charge in [-0.2, -0.15) is 0 Å². The average molecular weight is 290 g/mol. The zero-order valence-electron chi connectivity index (χ0n) is 12.5. The van der Waals surface area contributed by atoms with Crippen molar-refractivity contribution >= 4 is 33.3 Å². The molecule has 0 radical (unpaired) electrons. The monoisotopic (exact) mass is 289 g/mol. The minimum atomic E-state index is 1.12. The molecule has 1 nitrogen and oxygen atoms in total. The lowest BCUT2D eigenvalue weighted by atomic mass is 10.2. The van der Waals surface area contributed by atoms with E-state index >= 15 is 0 Å². The molecule has 0 aliphatic heterocycles. The molecule has 0 spiro atoms. The third-order valence-electron chi connectivity index (χ3n) is 3.07. The van der Waals surface area contributed by atoms with Crippen molar-refractivity contribution in [2.75, 3.05) is 13.1 Å². The van der Waals surface area contributed by atoms with Crippen molar-refractivity contribution < 1.29 is 0 Å². The molecule has 0 atom stereocenters. The smallest absolute Gasteiger partial charge is 0.127 e. The lowest BCUT2D eigenvalue weighted by molar-refractivity contribution is 0.398. The van der Waals surface area contributed by atoms with Gasteiger partial charge in [-0.3, -0.25) is 0 Å². The van der Waals surface area contributed by atoms with E-state index in [1.807, 2.05) is 0 Å². The normalized spacial score (nSPS) is 11.5. The zero-order chi connectivity index (χ0) is 13.6. The maximum Gasteiger partial charge on any atom is 0.127 e. The number of rotatable bonds is 10. The Balaban J connectivity index is 3.96. The van der Waals surface area contributed by atoms with E-state index in [1.54, 1.807) is 0 Å². The molecule has 0 rings (SSSR count). The van der Waals surface area contributed by atoms with Crippen molar-refractivity contribution in [3.8, 4) is 0 Å². The third-order valence-corrected chi connectivity index (χ3v) is 4.41. The highest BCUT2D eigenvalue weighted by molar-refractivity contribution is 8.21. The minimum absolute atomic E-state index is 1.12. The van der Waals surface area contributed by atoms with E-state index in [0.717, 1.165) is 17.4 Å². The minimum Gasteiger partial charge on any atom is -0.358 e.